The first kappa shape index (κ1) is 15.5. The summed E-state index contributed by atoms with van der Waals surface area (Å²) < 4.78 is 0. The molecule has 116 valence electrons. The molecule has 0 atom stereocenters. The van der Waals surface area contributed by atoms with Crippen molar-refractivity contribution in [3.05, 3.63) is 107 Å². The average Bonchev–Trinajstić information content (AvgIpc) is 2.60. The van der Waals surface area contributed by atoms with E-state index in [0.717, 1.165) is 19.3 Å². The number of benzene rings is 3. The van der Waals surface area contributed by atoms with Crippen molar-refractivity contribution < 1.29 is 0 Å². The summed E-state index contributed by atoms with van der Waals surface area (Å²) in [7, 11) is 0. The lowest BCUT2D eigenvalue weighted by Gasteiger charge is -2.15. The van der Waals surface area contributed by atoms with Crippen LogP contribution in [-0.2, 0) is 19.3 Å². The van der Waals surface area contributed by atoms with Gasteiger partial charge in [0.1, 0.15) is 0 Å². The fourth-order valence-electron chi connectivity index (χ4n) is 3.09. The number of hydrogen-bond donors (Lipinski definition) is 1. The topological polar surface area (TPSA) is 26.0 Å². The third-order valence-corrected chi connectivity index (χ3v) is 4.24. The van der Waals surface area contributed by atoms with Crippen molar-refractivity contribution in [2.75, 3.05) is 6.54 Å². The highest BCUT2D eigenvalue weighted by atomic mass is 14.5. The lowest BCUT2D eigenvalue weighted by Crippen LogP contribution is -2.08. The molecule has 0 bridgehead atoms. The van der Waals surface area contributed by atoms with Crippen LogP contribution in [0.4, 0.5) is 0 Å². The summed E-state index contributed by atoms with van der Waals surface area (Å²) in [5.41, 5.74) is 12.8. The molecule has 0 amide bonds. The fraction of sp³-hybridized carbons (Fsp3) is 0.182. The Morgan fingerprint density at radius 2 is 1.13 bits per heavy atom. The molecule has 3 rings (SSSR count). The lowest BCUT2D eigenvalue weighted by molar-refractivity contribution is 0.933. The highest BCUT2D eigenvalue weighted by Crippen LogP contribution is 2.22. The molecule has 2 N–H and O–H groups in total. The van der Waals surface area contributed by atoms with E-state index < -0.39 is 0 Å². The lowest BCUT2D eigenvalue weighted by atomic mass is 9.90. The highest BCUT2D eigenvalue weighted by Gasteiger charge is 2.09. The normalized spacial score (nSPS) is 10.7. The highest BCUT2D eigenvalue weighted by molar-refractivity contribution is 5.42. The van der Waals surface area contributed by atoms with Gasteiger partial charge in [-0.25, -0.2) is 0 Å². The summed E-state index contributed by atoms with van der Waals surface area (Å²) in [4.78, 5) is 0. The van der Waals surface area contributed by atoms with Gasteiger partial charge in [0.05, 0.1) is 0 Å². The van der Waals surface area contributed by atoms with E-state index in [2.05, 4.69) is 78.9 Å². The zero-order valence-electron chi connectivity index (χ0n) is 13.4. The van der Waals surface area contributed by atoms with E-state index in [1.165, 1.54) is 27.8 Å². The van der Waals surface area contributed by atoms with Crippen LogP contribution in [0, 0.1) is 0 Å². The Kier molecular flexibility index (Phi) is 5.23. The molecule has 0 aliphatic rings. The second-order valence-electron chi connectivity index (χ2n) is 5.92. The monoisotopic (exact) mass is 301 g/mol. The maximum absolute atomic E-state index is 5.83. The predicted octanol–water partition coefficient (Wildman–Crippen LogP) is 4.37. The average molecular weight is 301 g/mol. The Morgan fingerprint density at radius 1 is 0.565 bits per heavy atom. The Balaban J connectivity index is 1.96. The van der Waals surface area contributed by atoms with E-state index in [1.807, 2.05) is 0 Å². The van der Waals surface area contributed by atoms with E-state index in [-0.39, 0.29) is 0 Å². The molecule has 0 aliphatic heterocycles. The van der Waals surface area contributed by atoms with Gasteiger partial charge in [-0.1, -0.05) is 78.9 Å². The first-order chi connectivity index (χ1) is 11.4. The second-order valence-corrected chi connectivity index (χ2v) is 5.92. The van der Waals surface area contributed by atoms with Gasteiger partial charge >= 0.3 is 0 Å². The third kappa shape index (κ3) is 4.08. The van der Waals surface area contributed by atoms with Gasteiger partial charge in [-0.15, -0.1) is 0 Å². The van der Waals surface area contributed by atoms with Crippen LogP contribution in [0.15, 0.2) is 78.9 Å². The maximum Gasteiger partial charge on any atom is -0.00202 e. The number of nitrogens with two attached hydrogens (primary N) is 1. The Labute approximate surface area is 138 Å². The van der Waals surface area contributed by atoms with Crippen LogP contribution < -0.4 is 5.73 Å². The zero-order chi connectivity index (χ0) is 15.9. The number of rotatable bonds is 6. The molecule has 0 saturated carbocycles. The number of hydrogen-bond acceptors (Lipinski definition) is 1. The van der Waals surface area contributed by atoms with E-state index >= 15 is 0 Å². The summed E-state index contributed by atoms with van der Waals surface area (Å²) in [6.07, 6.45) is 2.88. The molecule has 0 spiro atoms. The minimum absolute atomic E-state index is 0.691. The summed E-state index contributed by atoms with van der Waals surface area (Å²) in [6, 6.07) is 28.0. The smallest absolute Gasteiger partial charge is 0.00202 e. The van der Waals surface area contributed by atoms with E-state index in [9.17, 15) is 0 Å². The molecule has 3 aromatic carbocycles. The minimum atomic E-state index is 0.691. The molecule has 0 heterocycles. The summed E-state index contributed by atoms with van der Waals surface area (Å²) in [5, 5.41) is 0. The van der Waals surface area contributed by atoms with Gasteiger partial charge < -0.3 is 5.73 Å². The first-order valence-corrected chi connectivity index (χ1v) is 8.24. The molecule has 1 nitrogen and oxygen atoms in total. The van der Waals surface area contributed by atoms with E-state index in [1.54, 1.807) is 0 Å². The van der Waals surface area contributed by atoms with Crippen LogP contribution in [0.3, 0.4) is 0 Å². The van der Waals surface area contributed by atoms with Crippen molar-refractivity contribution in [3.63, 3.8) is 0 Å². The van der Waals surface area contributed by atoms with Gasteiger partial charge in [0.25, 0.3) is 0 Å². The first-order valence-electron chi connectivity index (χ1n) is 8.24. The Morgan fingerprint density at radius 3 is 1.74 bits per heavy atom. The molecule has 0 saturated heterocycles. The molecular formula is C22H23N. The van der Waals surface area contributed by atoms with Crippen molar-refractivity contribution in [1.29, 1.82) is 0 Å². The molecule has 23 heavy (non-hydrogen) atoms. The standard InChI is InChI=1S/C22H23N/c23-15-14-20-12-7-13-21(16-18-8-3-1-4-9-18)22(20)17-19-10-5-2-6-11-19/h1-13H,14-17,23H2. The van der Waals surface area contributed by atoms with E-state index in [0.29, 0.717) is 6.54 Å². The van der Waals surface area contributed by atoms with Gasteiger partial charge in [-0.2, -0.15) is 0 Å². The van der Waals surface area contributed by atoms with Crippen molar-refractivity contribution in [2.45, 2.75) is 19.3 Å². The van der Waals surface area contributed by atoms with Crippen LogP contribution in [-0.4, -0.2) is 6.54 Å². The van der Waals surface area contributed by atoms with Gasteiger partial charge in [0.2, 0.25) is 0 Å². The molecule has 0 aromatic heterocycles. The van der Waals surface area contributed by atoms with E-state index in [4.69, 9.17) is 5.73 Å². The largest absolute Gasteiger partial charge is 0.330 e. The van der Waals surface area contributed by atoms with Crippen LogP contribution in [0.2, 0.25) is 0 Å². The van der Waals surface area contributed by atoms with Gasteiger partial charge in [0.15, 0.2) is 0 Å². The van der Waals surface area contributed by atoms with Crippen LogP contribution in [0.25, 0.3) is 0 Å². The van der Waals surface area contributed by atoms with Gasteiger partial charge in [-0.3, -0.25) is 0 Å². The molecule has 0 radical (unpaired) electrons. The Bertz CT molecular complexity index is 732. The van der Waals surface area contributed by atoms with Crippen LogP contribution >= 0.6 is 0 Å². The molecule has 3 aromatic rings. The molecule has 0 fully saturated rings. The predicted molar refractivity (Wildman–Crippen MR) is 97.7 cm³/mol. The maximum atomic E-state index is 5.83. The molecular weight excluding hydrogens is 278 g/mol. The summed E-state index contributed by atoms with van der Waals surface area (Å²) >= 11 is 0. The van der Waals surface area contributed by atoms with Crippen molar-refractivity contribution >= 4 is 0 Å². The molecule has 0 aliphatic carbocycles. The zero-order valence-corrected chi connectivity index (χ0v) is 13.4. The fourth-order valence-corrected chi connectivity index (χ4v) is 3.09. The minimum Gasteiger partial charge on any atom is -0.330 e. The SMILES string of the molecule is NCCc1cccc(Cc2ccccc2)c1Cc1ccccc1. The van der Waals surface area contributed by atoms with Crippen LogP contribution in [0.5, 0.6) is 0 Å². The van der Waals surface area contributed by atoms with Crippen LogP contribution in [0.1, 0.15) is 27.8 Å². The van der Waals surface area contributed by atoms with Gasteiger partial charge in [-0.05, 0) is 53.6 Å². The molecule has 1 heteroatoms. The molecule has 0 unspecified atom stereocenters. The third-order valence-electron chi connectivity index (χ3n) is 4.24. The summed E-state index contributed by atoms with van der Waals surface area (Å²) in [5.74, 6) is 0. The second kappa shape index (κ2) is 7.75. The summed E-state index contributed by atoms with van der Waals surface area (Å²) in [6.45, 7) is 0.691. The van der Waals surface area contributed by atoms with Crippen molar-refractivity contribution in [3.8, 4) is 0 Å². The Hall–Kier alpha value is -2.38. The quantitative estimate of drug-likeness (QED) is 0.719. The van der Waals surface area contributed by atoms with Crippen molar-refractivity contribution in [1.82, 2.24) is 0 Å². The van der Waals surface area contributed by atoms with Crippen molar-refractivity contribution in [2.24, 2.45) is 5.73 Å². The van der Waals surface area contributed by atoms with Gasteiger partial charge in [0, 0.05) is 0 Å².